The Hall–Kier alpha value is -2.00. The summed E-state index contributed by atoms with van der Waals surface area (Å²) >= 11 is 0. The highest BCUT2D eigenvalue weighted by Gasteiger charge is 2.68. The minimum Gasteiger partial charge on any atom is -0.502 e. The molecule has 0 aromatic rings. The Balaban J connectivity index is 2.79. The van der Waals surface area contributed by atoms with Gasteiger partial charge in [0.2, 0.25) is 6.17 Å². The normalized spacial score (nSPS) is 24.5. The molecule has 0 aromatic carbocycles. The Morgan fingerprint density at radius 2 is 1.88 bits per heavy atom. The molecule has 1 aliphatic rings. The van der Waals surface area contributed by atoms with Crippen LogP contribution in [0.25, 0.3) is 0 Å². The molecule has 3 nitrogen and oxygen atoms in total. The molecule has 1 rings (SSSR count). The van der Waals surface area contributed by atoms with Crippen LogP contribution in [0.15, 0.2) is 36.1 Å². The third-order valence-corrected chi connectivity index (χ3v) is 3.09. The van der Waals surface area contributed by atoms with Crippen LogP contribution in [-0.2, 0) is 14.3 Å². The fourth-order valence-corrected chi connectivity index (χ4v) is 1.78. The number of rotatable bonds is 7. The minimum atomic E-state index is -6.04. The van der Waals surface area contributed by atoms with E-state index in [2.05, 4.69) is 11.3 Å². The highest BCUT2D eigenvalue weighted by molar-refractivity contribution is 5.93. The van der Waals surface area contributed by atoms with Crippen LogP contribution < -0.4 is 0 Å². The molecule has 1 aliphatic carbocycles. The average Bonchev–Trinajstić information content (AvgIpc) is 2.50. The summed E-state index contributed by atoms with van der Waals surface area (Å²) in [6.07, 6.45) is -8.61. The number of alkyl halides is 5. The van der Waals surface area contributed by atoms with Crippen molar-refractivity contribution in [3.05, 3.63) is 36.1 Å². The molecule has 0 heterocycles. The van der Waals surface area contributed by atoms with Gasteiger partial charge in [0.25, 0.3) is 5.67 Å². The second-order valence-electron chi connectivity index (χ2n) is 4.71. The van der Waals surface area contributed by atoms with Crippen molar-refractivity contribution in [3.8, 4) is 0 Å². The highest BCUT2D eigenvalue weighted by Crippen LogP contribution is 2.49. The number of halogens is 7. The highest BCUT2D eigenvalue weighted by atomic mass is 19.4. The Morgan fingerprint density at radius 1 is 1.29 bits per heavy atom. The lowest BCUT2D eigenvalue weighted by atomic mass is 9.89. The van der Waals surface area contributed by atoms with Crippen LogP contribution in [0.5, 0.6) is 0 Å². The predicted molar refractivity (Wildman–Crippen MR) is 68.5 cm³/mol. The summed E-state index contributed by atoms with van der Waals surface area (Å²) in [5.41, 5.74) is -6.61. The maximum absolute atomic E-state index is 13.6. The molecule has 2 atom stereocenters. The molecule has 2 unspecified atom stereocenters. The van der Waals surface area contributed by atoms with E-state index in [1.807, 2.05) is 0 Å². The maximum atomic E-state index is 13.6. The second kappa shape index (κ2) is 7.71. The summed E-state index contributed by atoms with van der Waals surface area (Å²) in [6.45, 7) is 3.22. The minimum absolute atomic E-state index is 0.231. The van der Waals surface area contributed by atoms with Gasteiger partial charge in [0.05, 0.1) is 25.0 Å². The fourth-order valence-electron chi connectivity index (χ4n) is 1.78. The van der Waals surface area contributed by atoms with E-state index >= 15 is 0 Å². The number of hydrogen-bond acceptors (Lipinski definition) is 3. The standard InChI is InChI=1S/C14H13F7O3/c1-2-23-5-3-4-6-24-12(22)8-7-9(15)13(18,14(19,20)21)11(17)10(8)16/h2,7,11H,1,3-6H2. The summed E-state index contributed by atoms with van der Waals surface area (Å²) in [6, 6.07) is 0. The molecule has 0 aliphatic heterocycles. The zero-order valence-corrected chi connectivity index (χ0v) is 12.1. The van der Waals surface area contributed by atoms with Crippen LogP contribution in [0, 0.1) is 0 Å². The van der Waals surface area contributed by atoms with Gasteiger partial charge in [-0.1, -0.05) is 6.58 Å². The maximum Gasteiger partial charge on any atom is 0.432 e. The Morgan fingerprint density at radius 3 is 2.42 bits per heavy atom. The number of allylic oxidation sites excluding steroid dienone is 2. The smallest absolute Gasteiger partial charge is 0.432 e. The molecule has 0 saturated carbocycles. The van der Waals surface area contributed by atoms with Crippen molar-refractivity contribution in [2.24, 2.45) is 0 Å². The summed E-state index contributed by atoms with van der Waals surface area (Å²) in [5.74, 6) is -6.63. The topological polar surface area (TPSA) is 35.5 Å². The van der Waals surface area contributed by atoms with Crippen molar-refractivity contribution in [2.75, 3.05) is 13.2 Å². The molecular formula is C14H13F7O3. The van der Waals surface area contributed by atoms with Crippen LogP contribution in [0.1, 0.15) is 12.8 Å². The lowest BCUT2D eigenvalue weighted by Gasteiger charge is -2.31. The van der Waals surface area contributed by atoms with Crippen LogP contribution >= 0.6 is 0 Å². The van der Waals surface area contributed by atoms with Gasteiger partial charge < -0.3 is 9.47 Å². The largest absolute Gasteiger partial charge is 0.502 e. The molecule has 136 valence electrons. The van der Waals surface area contributed by atoms with Gasteiger partial charge in [-0.25, -0.2) is 22.4 Å². The summed E-state index contributed by atoms with van der Waals surface area (Å²) in [7, 11) is 0. The molecule has 10 heteroatoms. The molecule has 0 radical (unpaired) electrons. The first-order chi connectivity index (χ1) is 11.1. The quantitative estimate of drug-likeness (QED) is 0.295. The van der Waals surface area contributed by atoms with Crippen LogP contribution in [-0.4, -0.2) is 37.2 Å². The van der Waals surface area contributed by atoms with Gasteiger partial charge in [-0.05, 0) is 18.9 Å². The van der Waals surface area contributed by atoms with Gasteiger partial charge in [-0.15, -0.1) is 0 Å². The van der Waals surface area contributed by atoms with Crippen molar-refractivity contribution >= 4 is 5.97 Å². The van der Waals surface area contributed by atoms with Crippen molar-refractivity contribution in [1.29, 1.82) is 0 Å². The molecule has 0 aromatic heterocycles. The summed E-state index contributed by atoms with van der Waals surface area (Å²) in [4.78, 5) is 11.5. The SMILES string of the molecule is C=COCCCCOC(=O)C1=C(F)C(F)C(F)(C(F)(F)F)C(F)=C1. The zero-order chi connectivity index (χ0) is 18.5. The molecule has 0 bridgehead atoms. The van der Waals surface area contributed by atoms with Gasteiger partial charge in [0.15, 0.2) is 11.7 Å². The molecular weight excluding hydrogens is 349 g/mol. The first-order valence-corrected chi connectivity index (χ1v) is 6.64. The van der Waals surface area contributed by atoms with E-state index in [1.165, 1.54) is 6.26 Å². The van der Waals surface area contributed by atoms with E-state index < -0.39 is 41.2 Å². The van der Waals surface area contributed by atoms with E-state index in [1.54, 1.807) is 0 Å². The molecule has 0 saturated heterocycles. The molecule has 0 fully saturated rings. The second-order valence-corrected chi connectivity index (χ2v) is 4.71. The fraction of sp³-hybridized carbons (Fsp3) is 0.500. The third kappa shape index (κ3) is 3.90. The Bertz CT molecular complexity index is 553. The lowest BCUT2D eigenvalue weighted by Crippen LogP contribution is -2.51. The monoisotopic (exact) mass is 362 g/mol. The van der Waals surface area contributed by atoms with Crippen molar-refractivity contribution in [3.63, 3.8) is 0 Å². The number of carbonyl (C=O) groups is 1. The molecule has 0 N–H and O–H groups in total. The van der Waals surface area contributed by atoms with Crippen LogP contribution in [0.3, 0.4) is 0 Å². The number of carbonyl (C=O) groups excluding carboxylic acids is 1. The first-order valence-electron chi connectivity index (χ1n) is 6.64. The number of ether oxygens (including phenoxy) is 2. The zero-order valence-electron chi connectivity index (χ0n) is 12.1. The lowest BCUT2D eigenvalue weighted by molar-refractivity contribution is -0.238. The first kappa shape index (κ1) is 20.0. The average molecular weight is 362 g/mol. The number of hydrogen-bond donors (Lipinski definition) is 0. The Kier molecular flexibility index (Phi) is 6.44. The van der Waals surface area contributed by atoms with Crippen molar-refractivity contribution in [1.82, 2.24) is 0 Å². The van der Waals surface area contributed by atoms with E-state index in [-0.39, 0.29) is 25.7 Å². The molecule has 24 heavy (non-hydrogen) atoms. The van der Waals surface area contributed by atoms with Crippen molar-refractivity contribution in [2.45, 2.75) is 30.9 Å². The van der Waals surface area contributed by atoms with E-state index in [0.29, 0.717) is 6.42 Å². The van der Waals surface area contributed by atoms with Gasteiger partial charge in [-0.2, -0.15) is 13.2 Å². The molecule has 0 spiro atoms. The number of unbranched alkanes of at least 4 members (excludes halogenated alkanes) is 1. The van der Waals surface area contributed by atoms with Crippen LogP contribution in [0.4, 0.5) is 30.7 Å². The van der Waals surface area contributed by atoms with Crippen molar-refractivity contribution < 1.29 is 45.0 Å². The predicted octanol–water partition coefficient (Wildman–Crippen LogP) is 4.17. The summed E-state index contributed by atoms with van der Waals surface area (Å²) < 4.78 is 101. The summed E-state index contributed by atoms with van der Waals surface area (Å²) in [5, 5.41) is 0. The van der Waals surface area contributed by atoms with E-state index in [9.17, 15) is 35.5 Å². The number of esters is 1. The Labute approximate surface area is 132 Å². The van der Waals surface area contributed by atoms with Gasteiger partial charge in [-0.3, -0.25) is 0 Å². The van der Waals surface area contributed by atoms with Gasteiger partial charge >= 0.3 is 12.1 Å². The third-order valence-electron chi connectivity index (χ3n) is 3.09. The van der Waals surface area contributed by atoms with Gasteiger partial charge in [0.1, 0.15) is 0 Å². The van der Waals surface area contributed by atoms with E-state index in [0.717, 1.165) is 0 Å². The van der Waals surface area contributed by atoms with Gasteiger partial charge in [0, 0.05) is 0 Å². The van der Waals surface area contributed by atoms with Crippen LogP contribution in [0.2, 0.25) is 0 Å². The van der Waals surface area contributed by atoms with E-state index in [4.69, 9.17) is 4.74 Å². The molecule has 0 amide bonds.